The lowest BCUT2D eigenvalue weighted by atomic mass is 9.94. The zero-order valence-corrected chi connectivity index (χ0v) is 13.6. The first-order chi connectivity index (χ1) is 11.2. The molecule has 0 fully saturated rings. The molecule has 122 valence electrons. The van der Waals surface area contributed by atoms with E-state index in [4.69, 9.17) is 10.00 Å². The lowest BCUT2D eigenvalue weighted by Crippen LogP contribution is -2.38. The maximum absolute atomic E-state index is 12.4. The van der Waals surface area contributed by atoms with E-state index in [1.165, 1.54) is 0 Å². The molecule has 4 nitrogen and oxygen atoms in total. The normalized spacial score (nSPS) is 18.0. The predicted molar refractivity (Wildman–Crippen MR) is 89.5 cm³/mol. The minimum atomic E-state index is -0.328. The third-order valence-corrected chi connectivity index (χ3v) is 4.03. The molecule has 1 amide bonds. The number of nitriles is 1. The van der Waals surface area contributed by atoms with E-state index >= 15 is 0 Å². The van der Waals surface area contributed by atoms with Crippen LogP contribution in [0.4, 0.5) is 4.79 Å². The van der Waals surface area contributed by atoms with Gasteiger partial charge < -0.3 is 9.64 Å². The van der Waals surface area contributed by atoms with Crippen molar-refractivity contribution in [1.29, 1.82) is 5.26 Å². The number of benzene rings is 1. The largest absolute Gasteiger partial charge is 0.445 e. The molecule has 0 N–H and O–H groups in total. The van der Waals surface area contributed by atoms with Gasteiger partial charge in [-0.3, -0.25) is 0 Å². The molecule has 2 rings (SSSR count). The Kier molecular flexibility index (Phi) is 6.68. The number of hydrogen-bond donors (Lipinski definition) is 0. The van der Waals surface area contributed by atoms with Crippen molar-refractivity contribution in [2.24, 2.45) is 11.8 Å². The van der Waals surface area contributed by atoms with E-state index in [9.17, 15) is 4.79 Å². The van der Waals surface area contributed by atoms with Gasteiger partial charge in [-0.05, 0) is 37.7 Å². The van der Waals surface area contributed by atoms with Crippen molar-refractivity contribution in [3.63, 3.8) is 0 Å². The van der Waals surface area contributed by atoms with Gasteiger partial charge >= 0.3 is 6.09 Å². The molecule has 1 aliphatic rings. The summed E-state index contributed by atoms with van der Waals surface area (Å²) in [5.74, 6) is 0.258. The second kappa shape index (κ2) is 8.99. The molecule has 1 aromatic carbocycles. The summed E-state index contributed by atoms with van der Waals surface area (Å²) in [7, 11) is 0. The molecule has 0 heterocycles. The second-order valence-corrected chi connectivity index (χ2v) is 6.13. The molecule has 2 atom stereocenters. The number of rotatable bonds is 6. The van der Waals surface area contributed by atoms with Crippen LogP contribution >= 0.6 is 0 Å². The van der Waals surface area contributed by atoms with Crippen molar-refractivity contribution in [3.05, 3.63) is 48.0 Å². The van der Waals surface area contributed by atoms with Crippen LogP contribution in [0.15, 0.2) is 42.5 Å². The van der Waals surface area contributed by atoms with Crippen LogP contribution in [0.2, 0.25) is 0 Å². The molecule has 0 aliphatic heterocycles. The highest BCUT2D eigenvalue weighted by molar-refractivity contribution is 5.67. The van der Waals surface area contributed by atoms with Gasteiger partial charge in [0.05, 0.1) is 12.0 Å². The van der Waals surface area contributed by atoms with Gasteiger partial charge in [0.25, 0.3) is 0 Å². The monoisotopic (exact) mass is 312 g/mol. The molecule has 0 saturated heterocycles. The van der Waals surface area contributed by atoms with E-state index in [1.807, 2.05) is 37.3 Å². The Morgan fingerprint density at radius 2 is 2.17 bits per heavy atom. The quantitative estimate of drug-likeness (QED) is 0.742. The van der Waals surface area contributed by atoms with E-state index in [2.05, 4.69) is 18.2 Å². The summed E-state index contributed by atoms with van der Waals surface area (Å²) in [6, 6.07) is 11.8. The molecule has 0 radical (unpaired) electrons. The first kappa shape index (κ1) is 17.1. The Morgan fingerprint density at radius 3 is 2.83 bits per heavy atom. The molecule has 4 heteroatoms. The van der Waals surface area contributed by atoms with Gasteiger partial charge in [-0.25, -0.2) is 4.79 Å². The Morgan fingerprint density at radius 1 is 1.39 bits per heavy atom. The van der Waals surface area contributed by atoms with Crippen molar-refractivity contribution in [1.82, 2.24) is 4.90 Å². The number of carbonyl (C=O) groups excluding carboxylic acids is 1. The standard InChI is InChI=1S/C19H24N2O2/c1-16(12-20)13-21(14-17-8-4-2-5-9-17)19(22)23-15-18-10-6-3-7-11-18/h2-4,6-7,10-11,16-17H,5,8-9,13-15H2,1H3. The van der Waals surface area contributed by atoms with Crippen molar-refractivity contribution >= 4 is 6.09 Å². The lowest BCUT2D eigenvalue weighted by Gasteiger charge is -2.28. The number of allylic oxidation sites excluding steroid dienone is 2. The van der Waals surface area contributed by atoms with Crippen molar-refractivity contribution in [3.8, 4) is 6.07 Å². The molecule has 1 aliphatic carbocycles. The highest BCUT2D eigenvalue weighted by atomic mass is 16.6. The predicted octanol–water partition coefficient (Wildman–Crippen LogP) is 4.14. The van der Waals surface area contributed by atoms with Crippen LogP contribution in [0.1, 0.15) is 31.7 Å². The van der Waals surface area contributed by atoms with Crippen LogP contribution in [0.3, 0.4) is 0 Å². The third-order valence-electron chi connectivity index (χ3n) is 4.03. The highest BCUT2D eigenvalue weighted by Crippen LogP contribution is 2.20. The first-order valence-electron chi connectivity index (χ1n) is 8.19. The fraction of sp³-hybridized carbons (Fsp3) is 0.474. The van der Waals surface area contributed by atoms with Crippen LogP contribution in [0.5, 0.6) is 0 Å². The van der Waals surface area contributed by atoms with Crippen LogP contribution < -0.4 is 0 Å². The van der Waals surface area contributed by atoms with Gasteiger partial charge in [0.1, 0.15) is 6.61 Å². The van der Waals surface area contributed by atoms with E-state index < -0.39 is 0 Å². The fourth-order valence-electron chi connectivity index (χ4n) is 2.74. The Labute approximate surface area is 138 Å². The minimum Gasteiger partial charge on any atom is -0.445 e. The van der Waals surface area contributed by atoms with Crippen LogP contribution in [-0.2, 0) is 11.3 Å². The van der Waals surface area contributed by atoms with E-state index in [0.29, 0.717) is 19.0 Å². The van der Waals surface area contributed by atoms with Crippen molar-refractivity contribution in [2.45, 2.75) is 32.8 Å². The van der Waals surface area contributed by atoms with Crippen LogP contribution in [0, 0.1) is 23.2 Å². The van der Waals surface area contributed by atoms with Gasteiger partial charge in [0.2, 0.25) is 0 Å². The zero-order chi connectivity index (χ0) is 16.5. The van der Waals surface area contributed by atoms with Gasteiger partial charge in [-0.2, -0.15) is 5.26 Å². The second-order valence-electron chi connectivity index (χ2n) is 6.13. The van der Waals surface area contributed by atoms with E-state index in [1.54, 1.807) is 4.90 Å². The Balaban J connectivity index is 1.92. The molecular formula is C19H24N2O2. The first-order valence-corrected chi connectivity index (χ1v) is 8.19. The molecule has 0 bridgehead atoms. The number of ether oxygens (including phenoxy) is 1. The summed E-state index contributed by atoms with van der Waals surface area (Å²) in [6.07, 6.45) is 7.17. The Bertz CT molecular complexity index is 562. The van der Waals surface area contributed by atoms with Crippen molar-refractivity contribution in [2.75, 3.05) is 13.1 Å². The number of hydrogen-bond acceptors (Lipinski definition) is 3. The maximum Gasteiger partial charge on any atom is 0.410 e. The minimum absolute atomic E-state index is 0.196. The summed E-state index contributed by atoms with van der Waals surface area (Å²) in [6.45, 7) is 3.17. The molecule has 0 aromatic heterocycles. The molecule has 1 aromatic rings. The fourth-order valence-corrected chi connectivity index (χ4v) is 2.74. The highest BCUT2D eigenvalue weighted by Gasteiger charge is 2.22. The van der Waals surface area contributed by atoms with E-state index in [-0.39, 0.29) is 18.6 Å². The van der Waals surface area contributed by atoms with Crippen LogP contribution in [-0.4, -0.2) is 24.1 Å². The molecule has 2 unspecified atom stereocenters. The summed E-state index contributed by atoms with van der Waals surface area (Å²) in [5, 5.41) is 9.04. The number of amides is 1. The summed E-state index contributed by atoms with van der Waals surface area (Å²) < 4.78 is 5.44. The van der Waals surface area contributed by atoms with Gasteiger partial charge in [0, 0.05) is 13.1 Å². The third kappa shape index (κ3) is 5.78. The average molecular weight is 312 g/mol. The molecule has 23 heavy (non-hydrogen) atoms. The number of nitrogens with zero attached hydrogens (tertiary/aromatic N) is 2. The summed E-state index contributed by atoms with van der Waals surface area (Å²) in [4.78, 5) is 14.1. The van der Waals surface area contributed by atoms with Gasteiger partial charge in [-0.15, -0.1) is 0 Å². The maximum atomic E-state index is 12.4. The smallest absolute Gasteiger partial charge is 0.410 e. The van der Waals surface area contributed by atoms with Gasteiger partial charge in [-0.1, -0.05) is 42.5 Å². The summed E-state index contributed by atoms with van der Waals surface area (Å²) >= 11 is 0. The topological polar surface area (TPSA) is 53.3 Å². The van der Waals surface area contributed by atoms with Crippen molar-refractivity contribution < 1.29 is 9.53 Å². The SMILES string of the molecule is CC(C#N)CN(CC1CC=CCC1)C(=O)OCc1ccccc1. The Hall–Kier alpha value is -2.28. The molecule has 0 spiro atoms. The zero-order valence-electron chi connectivity index (χ0n) is 13.6. The van der Waals surface area contributed by atoms with E-state index in [0.717, 1.165) is 24.8 Å². The number of carbonyl (C=O) groups is 1. The average Bonchev–Trinajstić information content (AvgIpc) is 2.60. The summed E-state index contributed by atoms with van der Waals surface area (Å²) in [5.41, 5.74) is 0.967. The lowest BCUT2D eigenvalue weighted by molar-refractivity contribution is 0.0865. The molecular weight excluding hydrogens is 288 g/mol. The van der Waals surface area contributed by atoms with Gasteiger partial charge in [0.15, 0.2) is 0 Å². The molecule has 0 saturated carbocycles. The van der Waals surface area contributed by atoms with Crippen LogP contribution in [0.25, 0.3) is 0 Å².